The molecule has 0 aromatic heterocycles. The maximum Gasteiger partial charge on any atom is 0.270 e. The van der Waals surface area contributed by atoms with Crippen molar-refractivity contribution in [1.29, 1.82) is 0 Å². The number of fused-ring (bicyclic) bond motifs is 1. The van der Waals surface area contributed by atoms with Gasteiger partial charge in [0.1, 0.15) is 4.87 Å². The van der Waals surface area contributed by atoms with Gasteiger partial charge in [-0.25, -0.2) is 8.78 Å². The Morgan fingerprint density at radius 3 is 2.69 bits per heavy atom. The molecule has 0 saturated heterocycles. The average Bonchev–Trinajstić information content (AvgIpc) is 2.42. The van der Waals surface area contributed by atoms with Crippen LogP contribution in [0.1, 0.15) is 6.92 Å². The van der Waals surface area contributed by atoms with E-state index < -0.39 is 11.3 Å². The summed E-state index contributed by atoms with van der Waals surface area (Å²) in [5, 5.41) is 2.82. The molecule has 1 atom stereocenters. The molecule has 0 spiro atoms. The smallest absolute Gasteiger partial charge is 0.270 e. The van der Waals surface area contributed by atoms with E-state index in [1.165, 1.54) is 18.7 Å². The number of hydrogen-bond donors (Lipinski definition) is 1. The lowest BCUT2D eigenvalue weighted by Crippen LogP contribution is -2.35. The summed E-state index contributed by atoms with van der Waals surface area (Å²) < 4.78 is 25.2. The Labute approximate surface area is 79.5 Å². The Bertz CT molecular complexity index is 302. The van der Waals surface area contributed by atoms with Gasteiger partial charge in [0.2, 0.25) is 0 Å². The zero-order chi connectivity index (χ0) is 9.47. The van der Waals surface area contributed by atoms with Gasteiger partial charge in [0.25, 0.3) is 6.43 Å². The molecule has 70 valence electrons. The van der Waals surface area contributed by atoms with E-state index in [-0.39, 0.29) is 0 Å². The quantitative estimate of drug-likeness (QED) is 0.748. The summed E-state index contributed by atoms with van der Waals surface area (Å²) in [6.45, 7) is 1.52. The molecule has 1 unspecified atom stereocenters. The maximum atomic E-state index is 12.6. The van der Waals surface area contributed by atoms with E-state index >= 15 is 0 Å². The van der Waals surface area contributed by atoms with Crippen LogP contribution in [0.5, 0.6) is 0 Å². The van der Waals surface area contributed by atoms with Crippen LogP contribution >= 0.6 is 11.8 Å². The van der Waals surface area contributed by atoms with Crippen LogP contribution < -0.4 is 5.32 Å². The van der Waals surface area contributed by atoms with E-state index in [1.807, 2.05) is 24.3 Å². The Hall–Kier alpha value is -0.770. The minimum absolute atomic E-state index is 0.801. The molecule has 0 amide bonds. The molecule has 1 aromatic rings. The van der Waals surface area contributed by atoms with Gasteiger partial charge in [-0.2, -0.15) is 0 Å². The molecular weight excluding hydrogens is 192 g/mol. The molecule has 1 aliphatic heterocycles. The number of hydrogen-bond acceptors (Lipinski definition) is 2. The monoisotopic (exact) mass is 201 g/mol. The Morgan fingerprint density at radius 1 is 1.38 bits per heavy atom. The number of alkyl halides is 2. The Morgan fingerprint density at radius 2 is 2.08 bits per heavy atom. The second-order valence-electron chi connectivity index (χ2n) is 3.13. The zero-order valence-corrected chi connectivity index (χ0v) is 7.87. The van der Waals surface area contributed by atoms with Crippen molar-refractivity contribution in [1.82, 2.24) is 0 Å². The SMILES string of the molecule is CC1(C(F)F)Nc2ccccc2S1. The van der Waals surface area contributed by atoms with E-state index in [1.54, 1.807) is 0 Å². The number of anilines is 1. The first-order valence-corrected chi connectivity index (χ1v) is 4.78. The Balaban J connectivity index is 2.32. The van der Waals surface area contributed by atoms with Crippen molar-refractivity contribution in [2.45, 2.75) is 23.1 Å². The molecular formula is C9H9F2NS. The van der Waals surface area contributed by atoms with E-state index in [9.17, 15) is 8.78 Å². The summed E-state index contributed by atoms with van der Waals surface area (Å²) >= 11 is 1.19. The van der Waals surface area contributed by atoms with Gasteiger partial charge in [-0.1, -0.05) is 23.9 Å². The van der Waals surface area contributed by atoms with Crippen molar-refractivity contribution in [3.8, 4) is 0 Å². The van der Waals surface area contributed by atoms with Crippen LogP contribution in [0.25, 0.3) is 0 Å². The fourth-order valence-corrected chi connectivity index (χ4v) is 2.36. The molecule has 0 radical (unpaired) electrons. The third kappa shape index (κ3) is 1.39. The summed E-state index contributed by atoms with van der Waals surface area (Å²) in [5.41, 5.74) is 0.801. The van der Waals surface area contributed by atoms with Crippen molar-refractivity contribution in [2.24, 2.45) is 0 Å². The standard InChI is InChI=1S/C9H9F2NS/c1-9(8(10)11)12-6-4-2-3-5-7(6)13-9/h2-5,8,12H,1H3. The predicted octanol–water partition coefficient (Wildman–Crippen LogP) is 3.19. The van der Waals surface area contributed by atoms with E-state index in [0.717, 1.165) is 10.6 Å². The molecule has 1 aliphatic rings. The van der Waals surface area contributed by atoms with E-state index in [4.69, 9.17) is 0 Å². The molecule has 1 heterocycles. The fraction of sp³-hybridized carbons (Fsp3) is 0.333. The molecule has 1 aromatic carbocycles. The van der Waals surface area contributed by atoms with Gasteiger partial charge < -0.3 is 5.32 Å². The lowest BCUT2D eigenvalue weighted by Gasteiger charge is -2.22. The predicted molar refractivity (Wildman–Crippen MR) is 50.3 cm³/mol. The zero-order valence-electron chi connectivity index (χ0n) is 7.05. The van der Waals surface area contributed by atoms with Crippen LogP contribution in [0, 0.1) is 0 Å². The first-order chi connectivity index (χ1) is 6.12. The van der Waals surface area contributed by atoms with Crippen molar-refractivity contribution in [3.05, 3.63) is 24.3 Å². The van der Waals surface area contributed by atoms with E-state index in [0.29, 0.717) is 0 Å². The molecule has 0 fully saturated rings. The van der Waals surface area contributed by atoms with Gasteiger partial charge in [0.15, 0.2) is 0 Å². The highest BCUT2D eigenvalue weighted by molar-refractivity contribution is 8.01. The molecule has 1 N–H and O–H groups in total. The van der Waals surface area contributed by atoms with Crippen LogP contribution in [0.4, 0.5) is 14.5 Å². The highest BCUT2D eigenvalue weighted by Crippen LogP contribution is 2.47. The average molecular weight is 201 g/mol. The van der Waals surface area contributed by atoms with E-state index in [2.05, 4.69) is 5.32 Å². The normalized spacial score (nSPS) is 25.8. The van der Waals surface area contributed by atoms with Crippen molar-refractivity contribution in [2.75, 3.05) is 5.32 Å². The molecule has 1 nitrogen and oxygen atoms in total. The van der Waals surface area contributed by atoms with Gasteiger partial charge in [-0.3, -0.25) is 0 Å². The number of para-hydroxylation sites is 1. The van der Waals surface area contributed by atoms with Gasteiger partial charge in [-0.15, -0.1) is 0 Å². The molecule has 4 heteroatoms. The summed E-state index contributed by atoms with van der Waals surface area (Å²) in [6.07, 6.45) is -2.37. The lowest BCUT2D eigenvalue weighted by atomic mass is 10.3. The minimum atomic E-state index is -2.37. The number of rotatable bonds is 1. The first kappa shape index (κ1) is 8.81. The fourth-order valence-electron chi connectivity index (χ4n) is 1.28. The Kier molecular flexibility index (Phi) is 1.95. The van der Waals surface area contributed by atoms with Crippen molar-refractivity contribution >= 4 is 17.4 Å². The van der Waals surface area contributed by atoms with Crippen LogP contribution in [0.15, 0.2) is 29.2 Å². The third-order valence-electron chi connectivity index (χ3n) is 2.01. The first-order valence-electron chi connectivity index (χ1n) is 3.96. The van der Waals surface area contributed by atoms with Crippen LogP contribution in [0.3, 0.4) is 0 Å². The summed E-state index contributed by atoms with van der Waals surface area (Å²) in [7, 11) is 0. The van der Waals surface area contributed by atoms with Gasteiger partial charge in [0.05, 0.1) is 0 Å². The maximum absolute atomic E-state index is 12.6. The van der Waals surface area contributed by atoms with Crippen LogP contribution in [0.2, 0.25) is 0 Å². The number of nitrogens with one attached hydrogen (secondary N) is 1. The third-order valence-corrected chi connectivity index (χ3v) is 3.29. The van der Waals surface area contributed by atoms with Crippen molar-refractivity contribution < 1.29 is 8.78 Å². The second-order valence-corrected chi connectivity index (χ2v) is 4.62. The number of thioether (sulfide) groups is 1. The molecule has 0 bridgehead atoms. The molecule has 13 heavy (non-hydrogen) atoms. The van der Waals surface area contributed by atoms with Crippen LogP contribution in [-0.2, 0) is 0 Å². The minimum Gasteiger partial charge on any atom is -0.365 e. The lowest BCUT2D eigenvalue weighted by molar-refractivity contribution is 0.118. The van der Waals surface area contributed by atoms with Crippen molar-refractivity contribution in [3.63, 3.8) is 0 Å². The summed E-state index contributed by atoms with van der Waals surface area (Å²) in [6, 6.07) is 7.35. The highest BCUT2D eigenvalue weighted by atomic mass is 32.2. The number of halogens is 2. The highest BCUT2D eigenvalue weighted by Gasteiger charge is 2.41. The largest absolute Gasteiger partial charge is 0.365 e. The van der Waals surface area contributed by atoms with Gasteiger partial charge in [-0.05, 0) is 19.1 Å². The van der Waals surface area contributed by atoms with Gasteiger partial charge >= 0.3 is 0 Å². The number of benzene rings is 1. The molecule has 2 rings (SSSR count). The topological polar surface area (TPSA) is 12.0 Å². The molecule has 0 aliphatic carbocycles. The molecule has 0 saturated carbocycles. The van der Waals surface area contributed by atoms with Crippen LogP contribution in [-0.4, -0.2) is 11.3 Å². The second kappa shape index (κ2) is 2.87. The van der Waals surface area contributed by atoms with Gasteiger partial charge in [0, 0.05) is 10.6 Å². The summed E-state index contributed by atoms with van der Waals surface area (Å²) in [5.74, 6) is 0. The summed E-state index contributed by atoms with van der Waals surface area (Å²) in [4.78, 5) is -0.269.